The molecule has 2 aromatic carbocycles. The van der Waals surface area contributed by atoms with Crippen LogP contribution in [0.1, 0.15) is 11.1 Å². The Balaban J connectivity index is 2.06. The maximum Gasteiger partial charge on any atom is 0.310 e. The summed E-state index contributed by atoms with van der Waals surface area (Å²) in [5.74, 6) is 0.429. The fourth-order valence-electron chi connectivity index (χ4n) is 2.33. The first kappa shape index (κ1) is 20.6. The number of aliphatic hydroxyl groups excluding tert-OH is 1. The monoisotopic (exact) mass is 397 g/mol. The lowest BCUT2D eigenvalue weighted by Gasteiger charge is -2.14. The van der Waals surface area contributed by atoms with E-state index in [1.165, 1.54) is 23.9 Å². The third-order valence-corrected chi connectivity index (χ3v) is 4.79. The molecule has 2 rings (SSSR count). The molecule has 0 aliphatic heterocycles. The van der Waals surface area contributed by atoms with Gasteiger partial charge >= 0.3 is 5.97 Å². The minimum Gasteiger partial charge on any atom is -0.465 e. The lowest BCUT2D eigenvalue weighted by molar-refractivity contribution is -0.142. The number of para-hydroxylation sites is 1. The van der Waals surface area contributed by atoms with Crippen molar-refractivity contribution in [3.63, 3.8) is 0 Å². The zero-order valence-corrected chi connectivity index (χ0v) is 16.0. The second-order valence-corrected chi connectivity index (χ2v) is 7.25. The summed E-state index contributed by atoms with van der Waals surface area (Å²) in [6.07, 6.45) is 0.0702. The van der Waals surface area contributed by atoms with E-state index in [0.717, 1.165) is 5.56 Å². The number of rotatable bonds is 9. The van der Waals surface area contributed by atoms with E-state index in [1.54, 1.807) is 12.1 Å². The van der Waals surface area contributed by atoms with Crippen molar-refractivity contribution in [2.75, 3.05) is 30.0 Å². The first-order chi connectivity index (χ1) is 12.5. The minimum absolute atomic E-state index is 0.0702. The average molecular weight is 398 g/mol. The van der Waals surface area contributed by atoms with Crippen LogP contribution < -0.4 is 5.32 Å². The number of carbonyl (C=O) groups excluding carboxylic acids is 1. The molecule has 0 atom stereocenters. The Bertz CT molecular complexity index is 737. The number of hydrogen-bond donors (Lipinski definition) is 2. The predicted molar refractivity (Wildman–Crippen MR) is 105 cm³/mol. The summed E-state index contributed by atoms with van der Waals surface area (Å²) in [4.78, 5) is 12.1. The zero-order chi connectivity index (χ0) is 18.9. The summed E-state index contributed by atoms with van der Waals surface area (Å²) in [5.41, 5.74) is 2.47. The fraction of sp³-hybridized carbons (Fsp3) is 0.316. The molecule has 0 aromatic heterocycles. The van der Waals surface area contributed by atoms with Gasteiger partial charge in [0.05, 0.1) is 23.7 Å². The quantitative estimate of drug-likeness (QED) is 0.487. The number of esters is 1. The van der Waals surface area contributed by atoms with Crippen LogP contribution in [0, 0.1) is 12.7 Å². The molecule has 0 saturated heterocycles. The van der Waals surface area contributed by atoms with Gasteiger partial charge in [0.1, 0.15) is 12.4 Å². The van der Waals surface area contributed by atoms with E-state index in [4.69, 9.17) is 21.4 Å². The molecule has 0 saturated carbocycles. The lowest BCUT2D eigenvalue weighted by Crippen LogP contribution is -2.12. The molecule has 140 valence electrons. The minimum atomic E-state index is -0.465. The van der Waals surface area contributed by atoms with E-state index in [-0.39, 0.29) is 36.3 Å². The largest absolute Gasteiger partial charge is 0.465 e. The molecule has 0 heterocycles. The second kappa shape index (κ2) is 10.4. The molecule has 0 bridgehead atoms. The molecule has 2 aromatic rings. The summed E-state index contributed by atoms with van der Waals surface area (Å²) in [6.45, 7) is 2.31. The molecule has 0 spiro atoms. The van der Waals surface area contributed by atoms with Crippen molar-refractivity contribution in [1.82, 2.24) is 0 Å². The molecule has 26 heavy (non-hydrogen) atoms. The number of thioether (sulfide) groups is 1. The van der Waals surface area contributed by atoms with Crippen LogP contribution in [0.25, 0.3) is 0 Å². The number of hydrogen-bond acceptors (Lipinski definition) is 5. The highest BCUT2D eigenvalue weighted by Crippen LogP contribution is 2.30. The van der Waals surface area contributed by atoms with Crippen molar-refractivity contribution < 1.29 is 19.0 Å². The summed E-state index contributed by atoms with van der Waals surface area (Å²) in [5, 5.41) is 12.0. The number of halogens is 2. The SMILES string of the molecule is Cc1ccc(Nc2c(F)cccc2Cl)c(CC(=O)OCCSCCO)c1. The molecule has 2 N–H and O–H groups in total. The molecule has 0 aliphatic carbocycles. The van der Waals surface area contributed by atoms with Crippen LogP contribution in [-0.2, 0) is 16.0 Å². The van der Waals surface area contributed by atoms with E-state index in [1.807, 2.05) is 19.1 Å². The Morgan fingerprint density at radius 2 is 2.12 bits per heavy atom. The van der Waals surface area contributed by atoms with Crippen LogP contribution in [0.3, 0.4) is 0 Å². The maximum absolute atomic E-state index is 14.0. The third kappa shape index (κ3) is 6.20. The molecule has 7 heteroatoms. The van der Waals surface area contributed by atoms with Gasteiger partial charge in [0.15, 0.2) is 0 Å². The Labute approximate surface area is 161 Å². The maximum atomic E-state index is 14.0. The lowest BCUT2D eigenvalue weighted by atomic mass is 10.1. The topological polar surface area (TPSA) is 58.6 Å². The molecule has 0 amide bonds. The molecular weight excluding hydrogens is 377 g/mol. The van der Waals surface area contributed by atoms with E-state index in [9.17, 15) is 9.18 Å². The van der Waals surface area contributed by atoms with Crippen LogP contribution in [-0.4, -0.2) is 35.8 Å². The van der Waals surface area contributed by atoms with Gasteiger partial charge in [-0.25, -0.2) is 4.39 Å². The van der Waals surface area contributed by atoms with Crippen LogP contribution in [0.4, 0.5) is 15.8 Å². The Morgan fingerprint density at radius 3 is 2.85 bits per heavy atom. The van der Waals surface area contributed by atoms with Crippen molar-refractivity contribution in [1.29, 1.82) is 0 Å². The highest BCUT2D eigenvalue weighted by molar-refractivity contribution is 7.99. The molecule has 0 fully saturated rings. The number of benzene rings is 2. The Hall–Kier alpha value is -1.76. The normalized spacial score (nSPS) is 10.6. The highest BCUT2D eigenvalue weighted by Gasteiger charge is 2.13. The first-order valence-corrected chi connectivity index (χ1v) is 9.69. The summed E-state index contributed by atoms with van der Waals surface area (Å²) in [7, 11) is 0. The van der Waals surface area contributed by atoms with Gasteiger partial charge in [0.2, 0.25) is 0 Å². The van der Waals surface area contributed by atoms with E-state index >= 15 is 0 Å². The van der Waals surface area contributed by atoms with Gasteiger partial charge in [-0.2, -0.15) is 11.8 Å². The highest BCUT2D eigenvalue weighted by atomic mass is 35.5. The van der Waals surface area contributed by atoms with Gasteiger partial charge in [-0.1, -0.05) is 35.4 Å². The van der Waals surface area contributed by atoms with Crippen LogP contribution in [0.15, 0.2) is 36.4 Å². The predicted octanol–water partition coefficient (Wildman–Crippen LogP) is 4.34. The molecule has 4 nitrogen and oxygen atoms in total. The average Bonchev–Trinajstić information content (AvgIpc) is 2.60. The van der Waals surface area contributed by atoms with Crippen LogP contribution in [0.5, 0.6) is 0 Å². The van der Waals surface area contributed by atoms with Crippen molar-refractivity contribution in [2.24, 2.45) is 0 Å². The number of ether oxygens (including phenoxy) is 1. The Kier molecular flexibility index (Phi) is 8.22. The zero-order valence-electron chi connectivity index (χ0n) is 14.4. The first-order valence-electron chi connectivity index (χ1n) is 8.16. The Morgan fingerprint density at radius 1 is 1.31 bits per heavy atom. The van der Waals surface area contributed by atoms with Gasteiger partial charge in [-0.3, -0.25) is 4.79 Å². The third-order valence-electron chi connectivity index (χ3n) is 3.54. The smallest absolute Gasteiger partial charge is 0.310 e. The van der Waals surface area contributed by atoms with E-state index in [2.05, 4.69) is 5.32 Å². The van der Waals surface area contributed by atoms with Crippen molar-refractivity contribution in [3.8, 4) is 0 Å². The second-order valence-electron chi connectivity index (χ2n) is 5.62. The van der Waals surface area contributed by atoms with E-state index < -0.39 is 5.82 Å². The van der Waals surface area contributed by atoms with Gasteiger partial charge in [0, 0.05) is 17.2 Å². The number of aliphatic hydroxyl groups is 1. The van der Waals surface area contributed by atoms with Crippen molar-refractivity contribution in [2.45, 2.75) is 13.3 Å². The fourth-order valence-corrected chi connectivity index (χ4v) is 3.07. The van der Waals surface area contributed by atoms with Gasteiger partial charge in [-0.05, 0) is 30.7 Å². The van der Waals surface area contributed by atoms with Crippen LogP contribution >= 0.6 is 23.4 Å². The van der Waals surface area contributed by atoms with E-state index in [0.29, 0.717) is 22.8 Å². The van der Waals surface area contributed by atoms with Crippen LogP contribution in [0.2, 0.25) is 5.02 Å². The van der Waals surface area contributed by atoms with Gasteiger partial charge < -0.3 is 15.2 Å². The number of carbonyl (C=O) groups is 1. The molecular formula is C19H21ClFNO3S. The number of aryl methyl sites for hydroxylation is 1. The van der Waals surface area contributed by atoms with Gasteiger partial charge in [0.25, 0.3) is 0 Å². The summed E-state index contributed by atoms with van der Waals surface area (Å²) < 4.78 is 19.2. The molecule has 0 unspecified atom stereocenters. The number of nitrogens with one attached hydrogen (secondary N) is 1. The standard InChI is InChI=1S/C19H21ClFNO3S/c1-13-5-6-17(22-19-15(20)3-2-4-16(19)21)14(11-13)12-18(24)25-8-10-26-9-7-23/h2-6,11,22-23H,7-10,12H2,1H3. The molecule has 0 aliphatic rings. The van der Waals surface area contributed by atoms with Crippen molar-refractivity contribution >= 4 is 40.7 Å². The summed E-state index contributed by atoms with van der Waals surface area (Å²) >= 11 is 7.58. The molecule has 0 radical (unpaired) electrons. The summed E-state index contributed by atoms with van der Waals surface area (Å²) in [6, 6.07) is 9.97. The van der Waals surface area contributed by atoms with Gasteiger partial charge in [-0.15, -0.1) is 0 Å². The number of anilines is 2. The van der Waals surface area contributed by atoms with Crippen molar-refractivity contribution in [3.05, 3.63) is 58.4 Å².